The van der Waals surface area contributed by atoms with Gasteiger partial charge >= 0.3 is 5.97 Å². The van der Waals surface area contributed by atoms with Gasteiger partial charge in [0.2, 0.25) is 0 Å². The maximum atomic E-state index is 11.7. The molecule has 0 bridgehead atoms. The normalized spacial score (nSPS) is 13.8. The Kier molecular flexibility index (Phi) is 4.62. The Morgan fingerprint density at radius 3 is 2.76 bits per heavy atom. The van der Waals surface area contributed by atoms with E-state index >= 15 is 0 Å². The van der Waals surface area contributed by atoms with Crippen molar-refractivity contribution >= 4 is 11.9 Å². The van der Waals surface area contributed by atoms with Gasteiger partial charge in [-0.2, -0.15) is 15.4 Å². The third-order valence-electron chi connectivity index (χ3n) is 2.60. The van der Waals surface area contributed by atoms with Crippen molar-refractivity contribution in [1.82, 2.24) is 20.7 Å². The number of carbonyl (C=O) groups is 2. The molecule has 17 heavy (non-hydrogen) atoms. The Bertz CT molecular complexity index is 377. The summed E-state index contributed by atoms with van der Waals surface area (Å²) in [5.41, 5.74) is 0.141. The van der Waals surface area contributed by atoms with Crippen LogP contribution in [0.4, 0.5) is 0 Å². The molecule has 0 saturated heterocycles. The van der Waals surface area contributed by atoms with Crippen molar-refractivity contribution in [3.63, 3.8) is 0 Å². The fourth-order valence-corrected chi connectivity index (χ4v) is 1.32. The first-order valence-electron chi connectivity index (χ1n) is 5.34. The minimum Gasteiger partial charge on any atom is -0.467 e. The van der Waals surface area contributed by atoms with E-state index in [1.807, 2.05) is 13.8 Å². The fraction of sp³-hybridized carbons (Fsp3) is 0.600. The zero-order chi connectivity index (χ0) is 12.8. The average Bonchev–Trinajstić information content (AvgIpc) is 2.87. The van der Waals surface area contributed by atoms with Crippen LogP contribution < -0.4 is 5.32 Å². The summed E-state index contributed by atoms with van der Waals surface area (Å²) in [5.74, 6) is -0.927. The van der Waals surface area contributed by atoms with E-state index in [4.69, 9.17) is 0 Å². The maximum absolute atomic E-state index is 11.7. The number of aromatic nitrogens is 3. The van der Waals surface area contributed by atoms with Crippen LogP contribution in [-0.4, -0.2) is 40.4 Å². The van der Waals surface area contributed by atoms with Crippen molar-refractivity contribution in [2.24, 2.45) is 5.92 Å². The molecule has 1 aromatic rings. The van der Waals surface area contributed by atoms with Crippen LogP contribution in [0, 0.1) is 5.92 Å². The van der Waals surface area contributed by atoms with Gasteiger partial charge in [-0.1, -0.05) is 20.3 Å². The van der Waals surface area contributed by atoms with Gasteiger partial charge in [0.1, 0.15) is 6.04 Å². The number of ether oxygens (including phenoxy) is 1. The molecular formula is C10H16N4O3. The van der Waals surface area contributed by atoms with Crippen LogP contribution in [-0.2, 0) is 9.53 Å². The molecule has 2 N–H and O–H groups in total. The monoisotopic (exact) mass is 240 g/mol. The number of methoxy groups -OCH3 is 1. The molecule has 2 unspecified atom stereocenters. The van der Waals surface area contributed by atoms with Gasteiger partial charge in [-0.3, -0.25) is 4.79 Å². The van der Waals surface area contributed by atoms with E-state index in [1.54, 1.807) is 0 Å². The largest absolute Gasteiger partial charge is 0.467 e. The molecule has 94 valence electrons. The number of carbonyl (C=O) groups excluding carboxylic acids is 2. The summed E-state index contributed by atoms with van der Waals surface area (Å²) in [6, 6.07) is -0.672. The molecule has 0 aliphatic rings. The molecular weight excluding hydrogens is 224 g/mol. The number of hydrogen-bond donors (Lipinski definition) is 2. The van der Waals surface area contributed by atoms with Crippen molar-refractivity contribution in [3.05, 3.63) is 11.9 Å². The second-order valence-electron chi connectivity index (χ2n) is 3.72. The first kappa shape index (κ1) is 13.1. The zero-order valence-electron chi connectivity index (χ0n) is 10.1. The highest BCUT2D eigenvalue weighted by atomic mass is 16.5. The summed E-state index contributed by atoms with van der Waals surface area (Å²) in [4.78, 5) is 23.3. The summed E-state index contributed by atoms with van der Waals surface area (Å²) in [5, 5.41) is 12.1. The van der Waals surface area contributed by atoms with E-state index in [2.05, 4.69) is 25.5 Å². The number of aromatic amines is 1. The van der Waals surface area contributed by atoms with Crippen LogP contribution in [0.2, 0.25) is 0 Å². The Balaban J connectivity index is 2.73. The number of amides is 1. The minimum atomic E-state index is -0.672. The molecule has 0 aromatic carbocycles. The average molecular weight is 240 g/mol. The van der Waals surface area contributed by atoms with E-state index in [-0.39, 0.29) is 11.6 Å². The van der Waals surface area contributed by atoms with Crippen LogP contribution in [0.1, 0.15) is 30.8 Å². The van der Waals surface area contributed by atoms with Crippen molar-refractivity contribution in [1.29, 1.82) is 0 Å². The second-order valence-corrected chi connectivity index (χ2v) is 3.72. The summed E-state index contributed by atoms with van der Waals surface area (Å²) < 4.78 is 4.66. The minimum absolute atomic E-state index is 0.0155. The van der Waals surface area contributed by atoms with Crippen molar-refractivity contribution in [3.8, 4) is 0 Å². The van der Waals surface area contributed by atoms with E-state index in [1.165, 1.54) is 13.3 Å². The van der Waals surface area contributed by atoms with Gasteiger partial charge in [0.25, 0.3) is 5.91 Å². The van der Waals surface area contributed by atoms with Gasteiger partial charge in [-0.05, 0) is 5.92 Å². The highest BCUT2D eigenvalue weighted by Crippen LogP contribution is 2.09. The molecule has 7 nitrogen and oxygen atoms in total. The summed E-state index contributed by atoms with van der Waals surface area (Å²) in [7, 11) is 1.29. The van der Waals surface area contributed by atoms with Crippen molar-refractivity contribution in [2.45, 2.75) is 26.3 Å². The van der Waals surface area contributed by atoms with Crippen molar-refractivity contribution < 1.29 is 14.3 Å². The van der Waals surface area contributed by atoms with Crippen molar-refractivity contribution in [2.75, 3.05) is 7.11 Å². The smallest absolute Gasteiger partial charge is 0.328 e. The SMILES string of the molecule is CCC(C)C(NC(=O)c1cn[nH]n1)C(=O)OC. The van der Waals surface area contributed by atoms with Gasteiger partial charge in [0, 0.05) is 0 Å². The molecule has 7 heteroatoms. The standard InChI is InChI=1S/C10H16N4O3/c1-4-6(2)8(10(16)17-3)12-9(15)7-5-11-14-13-7/h5-6,8H,4H2,1-3H3,(H,12,15)(H,11,13,14). The third kappa shape index (κ3) is 3.27. The second kappa shape index (κ2) is 5.97. The number of nitrogens with zero attached hydrogens (tertiary/aromatic N) is 2. The van der Waals surface area contributed by atoms with Crippen LogP contribution >= 0.6 is 0 Å². The van der Waals surface area contributed by atoms with Gasteiger partial charge < -0.3 is 10.1 Å². The molecule has 0 spiro atoms. The van der Waals surface area contributed by atoms with Crippen LogP contribution in [0.15, 0.2) is 6.20 Å². The van der Waals surface area contributed by atoms with E-state index in [0.29, 0.717) is 0 Å². The number of nitrogens with one attached hydrogen (secondary N) is 2. The lowest BCUT2D eigenvalue weighted by atomic mass is 9.99. The molecule has 1 aromatic heterocycles. The molecule has 1 rings (SSSR count). The van der Waals surface area contributed by atoms with Crippen LogP contribution in [0.3, 0.4) is 0 Å². The van der Waals surface area contributed by atoms with Gasteiger partial charge in [-0.15, -0.1) is 0 Å². The molecule has 0 fully saturated rings. The fourth-order valence-electron chi connectivity index (χ4n) is 1.32. The van der Waals surface area contributed by atoms with E-state index in [9.17, 15) is 9.59 Å². The molecule has 0 aliphatic heterocycles. The Morgan fingerprint density at radius 1 is 1.59 bits per heavy atom. The zero-order valence-corrected chi connectivity index (χ0v) is 10.1. The van der Waals surface area contributed by atoms with E-state index < -0.39 is 17.9 Å². The quantitative estimate of drug-likeness (QED) is 0.712. The van der Waals surface area contributed by atoms with Gasteiger partial charge in [-0.25, -0.2) is 4.79 Å². The maximum Gasteiger partial charge on any atom is 0.328 e. The lowest BCUT2D eigenvalue weighted by molar-refractivity contribution is -0.144. The highest BCUT2D eigenvalue weighted by Gasteiger charge is 2.27. The van der Waals surface area contributed by atoms with E-state index in [0.717, 1.165) is 6.42 Å². The van der Waals surface area contributed by atoms with Gasteiger partial charge in [0.05, 0.1) is 13.3 Å². The van der Waals surface area contributed by atoms with Gasteiger partial charge in [0.15, 0.2) is 5.69 Å². The third-order valence-corrected chi connectivity index (χ3v) is 2.60. The number of H-pyrrole nitrogens is 1. The first-order chi connectivity index (χ1) is 8.10. The Hall–Kier alpha value is -1.92. The molecule has 0 radical (unpaired) electrons. The van der Waals surface area contributed by atoms with Crippen LogP contribution in [0.5, 0.6) is 0 Å². The topological polar surface area (TPSA) is 97.0 Å². The number of hydrogen-bond acceptors (Lipinski definition) is 5. The Labute approximate surface area is 98.9 Å². The first-order valence-corrected chi connectivity index (χ1v) is 5.34. The van der Waals surface area contributed by atoms with Crippen LogP contribution in [0.25, 0.3) is 0 Å². The number of esters is 1. The number of rotatable bonds is 5. The molecule has 2 atom stereocenters. The summed E-state index contributed by atoms with van der Waals surface area (Å²) in [6.07, 6.45) is 2.04. The summed E-state index contributed by atoms with van der Waals surface area (Å²) >= 11 is 0. The molecule has 1 heterocycles. The lowest BCUT2D eigenvalue weighted by Gasteiger charge is -2.21. The lowest BCUT2D eigenvalue weighted by Crippen LogP contribution is -2.45. The molecule has 0 saturated carbocycles. The Morgan fingerprint density at radius 2 is 2.29 bits per heavy atom. The molecule has 0 aliphatic carbocycles. The predicted octanol–water partition coefficient (Wildman–Crippen LogP) is 0.122. The molecule has 1 amide bonds. The predicted molar refractivity (Wildman–Crippen MR) is 59.1 cm³/mol. The highest BCUT2D eigenvalue weighted by molar-refractivity contribution is 5.94. The summed E-state index contributed by atoms with van der Waals surface area (Å²) in [6.45, 7) is 3.80.